The van der Waals surface area contributed by atoms with Crippen LogP contribution in [0.25, 0.3) is 17.1 Å². The number of amides is 1. The second kappa shape index (κ2) is 8.96. The zero-order chi connectivity index (χ0) is 24.7. The van der Waals surface area contributed by atoms with Gasteiger partial charge in [0.05, 0.1) is 17.7 Å². The van der Waals surface area contributed by atoms with Crippen LogP contribution in [-0.4, -0.2) is 50.6 Å². The number of nitrogens with zero attached hydrogens (tertiary/aromatic N) is 4. The van der Waals surface area contributed by atoms with Crippen LogP contribution in [0.4, 0.5) is 4.39 Å². The van der Waals surface area contributed by atoms with Crippen LogP contribution in [-0.2, 0) is 11.2 Å². The lowest BCUT2D eigenvalue weighted by molar-refractivity contribution is -0.136. The van der Waals surface area contributed by atoms with Gasteiger partial charge in [-0.2, -0.15) is 5.26 Å². The molecule has 1 amide bonds. The summed E-state index contributed by atoms with van der Waals surface area (Å²) in [4.78, 5) is 31.4. The van der Waals surface area contributed by atoms with Crippen LogP contribution < -0.4 is 5.73 Å². The molecule has 1 saturated carbocycles. The maximum atomic E-state index is 14.5. The highest BCUT2D eigenvalue weighted by molar-refractivity contribution is 5.96. The Balaban J connectivity index is 1.70. The number of hydrogen-bond acceptors (Lipinski definition) is 5. The maximum absolute atomic E-state index is 14.5. The third-order valence-electron chi connectivity index (χ3n) is 6.55. The van der Waals surface area contributed by atoms with Crippen LogP contribution in [0.5, 0.6) is 0 Å². The number of aromatic nitrogens is 2. The molecule has 1 aliphatic carbocycles. The summed E-state index contributed by atoms with van der Waals surface area (Å²) in [6, 6.07) is 13.4. The van der Waals surface area contributed by atoms with E-state index in [1.807, 2.05) is 24.3 Å². The first-order chi connectivity index (χ1) is 16.9. The molecule has 5 rings (SSSR count). The summed E-state index contributed by atoms with van der Waals surface area (Å²) >= 11 is 0. The van der Waals surface area contributed by atoms with E-state index in [1.165, 1.54) is 17.7 Å². The summed E-state index contributed by atoms with van der Waals surface area (Å²) in [5.41, 5.74) is 8.23. The Labute approximate surface area is 201 Å². The molecule has 0 unspecified atom stereocenters. The van der Waals surface area contributed by atoms with Crippen molar-refractivity contribution in [2.75, 3.05) is 13.1 Å². The van der Waals surface area contributed by atoms with Crippen LogP contribution in [0, 0.1) is 17.1 Å². The van der Waals surface area contributed by atoms with Crippen molar-refractivity contribution in [1.82, 2.24) is 14.5 Å². The van der Waals surface area contributed by atoms with E-state index in [9.17, 15) is 19.1 Å². The fraction of sp³-hybridized carbons (Fsp3) is 0.308. The zero-order valence-corrected chi connectivity index (χ0v) is 18.9. The number of hydrogen-bond donors (Lipinski definition) is 2. The maximum Gasteiger partial charge on any atom is 0.309 e. The van der Waals surface area contributed by atoms with Crippen molar-refractivity contribution in [1.29, 1.82) is 5.26 Å². The Kier molecular flexibility index (Phi) is 5.83. The fourth-order valence-electron chi connectivity index (χ4n) is 4.58. The molecule has 1 atom stereocenters. The molecule has 1 aliphatic heterocycles. The highest BCUT2D eigenvalue weighted by atomic mass is 19.1. The first kappa shape index (κ1) is 22.7. The Morgan fingerprint density at radius 3 is 2.49 bits per heavy atom. The van der Waals surface area contributed by atoms with E-state index in [0.29, 0.717) is 36.7 Å². The summed E-state index contributed by atoms with van der Waals surface area (Å²) in [7, 11) is 0. The molecule has 178 valence electrons. The quantitative estimate of drug-likeness (QED) is 0.566. The molecule has 2 aliphatic rings. The molecular weight excluding hydrogens is 449 g/mol. The number of imidazole rings is 1. The van der Waals surface area contributed by atoms with Gasteiger partial charge in [-0.3, -0.25) is 14.2 Å². The molecular formula is C26H24FN5O3. The summed E-state index contributed by atoms with van der Waals surface area (Å²) in [6.45, 7) is 0.811. The molecule has 2 aromatic carbocycles. The lowest BCUT2D eigenvalue weighted by atomic mass is 10.1. The van der Waals surface area contributed by atoms with Gasteiger partial charge >= 0.3 is 5.97 Å². The van der Waals surface area contributed by atoms with E-state index in [4.69, 9.17) is 11.0 Å². The van der Waals surface area contributed by atoms with Gasteiger partial charge in [0, 0.05) is 30.4 Å². The molecule has 2 fully saturated rings. The largest absolute Gasteiger partial charge is 0.481 e. The molecule has 1 saturated heterocycles. The van der Waals surface area contributed by atoms with Crippen LogP contribution in [0.3, 0.4) is 0 Å². The Morgan fingerprint density at radius 2 is 1.91 bits per heavy atom. The van der Waals surface area contributed by atoms with Crippen LogP contribution in [0.15, 0.2) is 42.5 Å². The van der Waals surface area contributed by atoms with Gasteiger partial charge in [0.1, 0.15) is 17.7 Å². The fourth-order valence-corrected chi connectivity index (χ4v) is 4.58. The number of aliphatic carboxylic acids is 1. The van der Waals surface area contributed by atoms with Crippen LogP contribution in [0.1, 0.15) is 52.5 Å². The number of carbonyl (C=O) groups is 2. The second-order valence-corrected chi connectivity index (χ2v) is 9.11. The SMILES string of the molecule is N#Cc1ccc(-c2nc(C(=O)N3CC[C@H](N)C3)c(CC(=O)O)n2-c2ccc(C3CC3)cc2)cc1F. The topological polar surface area (TPSA) is 125 Å². The molecule has 0 radical (unpaired) electrons. The normalized spacial score (nSPS) is 17.4. The standard InChI is InChI=1S/C26H24FN5O3/c27-21-11-17(3-4-18(21)13-28)25-30-24(26(35)31-10-9-19(29)14-31)22(12-23(33)34)32(25)20-7-5-16(6-8-20)15-1-2-15/h3-8,11,15,19H,1-2,9-10,12,14,29H2,(H,33,34)/t19-/m0/s1. The number of carbonyl (C=O) groups excluding carboxylic acids is 1. The summed E-state index contributed by atoms with van der Waals surface area (Å²) in [5.74, 6) is -1.48. The molecule has 2 heterocycles. The summed E-state index contributed by atoms with van der Waals surface area (Å²) < 4.78 is 16.1. The number of carboxylic acid groups (broad SMARTS) is 1. The minimum absolute atomic E-state index is 0.00698. The predicted octanol–water partition coefficient (Wildman–Crippen LogP) is 3.23. The Hall–Kier alpha value is -4.03. The van der Waals surface area contributed by atoms with E-state index >= 15 is 0 Å². The van der Waals surface area contributed by atoms with Crippen LogP contribution in [0.2, 0.25) is 0 Å². The average molecular weight is 474 g/mol. The monoisotopic (exact) mass is 473 g/mol. The summed E-state index contributed by atoms with van der Waals surface area (Å²) in [5, 5.41) is 18.8. The number of carboxylic acids is 1. The lowest BCUT2D eigenvalue weighted by Crippen LogP contribution is -2.33. The van der Waals surface area contributed by atoms with Gasteiger partial charge in [-0.15, -0.1) is 0 Å². The number of nitriles is 1. The van der Waals surface area contributed by atoms with Gasteiger partial charge in [0.2, 0.25) is 0 Å². The van der Waals surface area contributed by atoms with E-state index in [1.54, 1.807) is 21.6 Å². The first-order valence-corrected chi connectivity index (χ1v) is 11.5. The number of halogens is 1. The third kappa shape index (κ3) is 4.40. The number of nitrogens with two attached hydrogens (primary N) is 1. The van der Waals surface area contributed by atoms with Gasteiger partial charge in [0.25, 0.3) is 5.91 Å². The van der Waals surface area contributed by atoms with Gasteiger partial charge in [0.15, 0.2) is 5.69 Å². The number of likely N-dealkylation sites (tertiary alicyclic amines) is 1. The highest BCUT2D eigenvalue weighted by Crippen LogP contribution is 2.40. The van der Waals surface area contributed by atoms with E-state index in [2.05, 4.69) is 4.98 Å². The number of benzene rings is 2. The average Bonchev–Trinajstić information content (AvgIpc) is 3.50. The zero-order valence-electron chi connectivity index (χ0n) is 18.9. The lowest BCUT2D eigenvalue weighted by Gasteiger charge is -2.16. The van der Waals surface area contributed by atoms with Gasteiger partial charge < -0.3 is 15.7 Å². The molecule has 1 aromatic heterocycles. The van der Waals surface area contributed by atoms with Gasteiger partial charge in [-0.25, -0.2) is 9.37 Å². The molecule has 8 nitrogen and oxygen atoms in total. The van der Waals surface area contributed by atoms with Crippen molar-refractivity contribution in [3.05, 3.63) is 70.8 Å². The van der Waals surface area contributed by atoms with Crippen molar-refractivity contribution in [3.8, 4) is 23.1 Å². The third-order valence-corrected chi connectivity index (χ3v) is 6.55. The van der Waals surface area contributed by atoms with Crippen molar-refractivity contribution < 1.29 is 19.1 Å². The first-order valence-electron chi connectivity index (χ1n) is 11.5. The van der Waals surface area contributed by atoms with Crippen molar-refractivity contribution in [2.24, 2.45) is 5.73 Å². The molecule has 0 spiro atoms. The Morgan fingerprint density at radius 1 is 1.17 bits per heavy atom. The highest BCUT2D eigenvalue weighted by Gasteiger charge is 2.32. The molecule has 0 bridgehead atoms. The molecule has 9 heteroatoms. The van der Waals surface area contributed by atoms with E-state index < -0.39 is 24.1 Å². The summed E-state index contributed by atoms with van der Waals surface area (Å²) in [6.07, 6.45) is 2.48. The number of rotatable bonds is 6. The Bertz CT molecular complexity index is 1350. The van der Waals surface area contributed by atoms with E-state index in [0.717, 1.165) is 12.8 Å². The smallest absolute Gasteiger partial charge is 0.309 e. The van der Waals surface area contributed by atoms with E-state index in [-0.39, 0.29) is 28.8 Å². The minimum Gasteiger partial charge on any atom is -0.481 e. The van der Waals surface area contributed by atoms with Crippen LogP contribution >= 0.6 is 0 Å². The van der Waals surface area contributed by atoms with Gasteiger partial charge in [-0.1, -0.05) is 12.1 Å². The second-order valence-electron chi connectivity index (χ2n) is 9.11. The molecule has 35 heavy (non-hydrogen) atoms. The minimum atomic E-state index is -1.12. The van der Waals surface area contributed by atoms with Gasteiger partial charge in [-0.05, 0) is 61.1 Å². The molecule has 3 aromatic rings. The van der Waals surface area contributed by atoms with Crippen molar-refractivity contribution in [3.63, 3.8) is 0 Å². The van der Waals surface area contributed by atoms with Crippen molar-refractivity contribution in [2.45, 2.75) is 37.6 Å². The predicted molar refractivity (Wildman–Crippen MR) is 125 cm³/mol. The van der Waals surface area contributed by atoms with Crippen molar-refractivity contribution >= 4 is 11.9 Å². The molecule has 3 N–H and O–H groups in total.